The van der Waals surface area contributed by atoms with Crippen molar-refractivity contribution in [2.24, 2.45) is 5.92 Å². The van der Waals surface area contributed by atoms with Gasteiger partial charge in [0.05, 0.1) is 22.7 Å². The smallest absolute Gasteiger partial charge is 0.199 e. The summed E-state index contributed by atoms with van der Waals surface area (Å²) >= 11 is 5.83. The molecule has 2 N–H and O–H groups in total. The fourth-order valence-corrected chi connectivity index (χ4v) is 4.03. The van der Waals surface area contributed by atoms with Crippen LogP contribution in [0.25, 0.3) is 0 Å². The minimum Gasteiger partial charge on any atom is -0.390 e. The number of benzene rings is 1. The Morgan fingerprint density at radius 1 is 1.39 bits per heavy atom. The van der Waals surface area contributed by atoms with Crippen LogP contribution < -0.4 is 5.32 Å². The van der Waals surface area contributed by atoms with Crippen LogP contribution in [0, 0.1) is 11.7 Å². The fraction of sp³-hybridized carbons (Fsp3) is 0.318. The Morgan fingerprint density at radius 3 is 2.90 bits per heavy atom. The van der Waals surface area contributed by atoms with Crippen molar-refractivity contribution >= 4 is 23.2 Å². The highest BCUT2D eigenvalue weighted by Crippen LogP contribution is 2.31. The van der Waals surface area contributed by atoms with E-state index >= 15 is 0 Å². The predicted molar refractivity (Wildman–Crippen MR) is 113 cm³/mol. The largest absolute Gasteiger partial charge is 0.390 e. The lowest BCUT2D eigenvalue weighted by molar-refractivity contribution is 0.0725. The van der Waals surface area contributed by atoms with Gasteiger partial charge in [-0.15, -0.1) is 0 Å². The van der Waals surface area contributed by atoms with Gasteiger partial charge >= 0.3 is 0 Å². The number of aromatic nitrogens is 3. The van der Waals surface area contributed by atoms with Crippen molar-refractivity contribution in [2.45, 2.75) is 38.2 Å². The lowest BCUT2D eigenvalue weighted by atomic mass is 10.1. The zero-order valence-electron chi connectivity index (χ0n) is 16.7. The maximum Gasteiger partial charge on any atom is 0.199 e. The second kappa shape index (κ2) is 8.72. The topological polar surface area (TPSA) is 80.0 Å². The van der Waals surface area contributed by atoms with Crippen molar-refractivity contribution < 1.29 is 18.7 Å². The van der Waals surface area contributed by atoms with Crippen molar-refractivity contribution in [1.29, 1.82) is 0 Å². The average Bonchev–Trinajstić information content (AvgIpc) is 3.31. The summed E-state index contributed by atoms with van der Waals surface area (Å²) in [6.07, 6.45) is 3.99. The summed E-state index contributed by atoms with van der Waals surface area (Å²) < 4.78 is 29.5. The van der Waals surface area contributed by atoms with Gasteiger partial charge in [-0.1, -0.05) is 24.6 Å². The van der Waals surface area contributed by atoms with Crippen LogP contribution in [0.2, 0.25) is 5.02 Å². The van der Waals surface area contributed by atoms with Crippen LogP contribution in [0.1, 0.15) is 34.8 Å². The standard InChI is InChI=1S/C22H21ClF2N4O2/c1-12-6-18(19(25)20(12)30)28-22-15(8-26-11-27-22)21(31)14-4-5-29(10-14)9-13-2-3-17(24)16(23)7-13/h2-5,7-8,10-12,18-20,30H,6,9H2,1H3,(H,26,27,28)/t12-,18-,19-,20-/m1/s1. The molecule has 31 heavy (non-hydrogen) atoms. The number of anilines is 1. The molecular weight excluding hydrogens is 426 g/mol. The Morgan fingerprint density at radius 2 is 2.19 bits per heavy atom. The molecule has 1 saturated carbocycles. The molecule has 1 aromatic carbocycles. The third kappa shape index (κ3) is 4.45. The quantitative estimate of drug-likeness (QED) is 0.562. The Kier molecular flexibility index (Phi) is 6.02. The number of rotatable bonds is 6. The number of hydrogen-bond acceptors (Lipinski definition) is 5. The van der Waals surface area contributed by atoms with Crippen LogP contribution in [0.4, 0.5) is 14.6 Å². The molecule has 0 aliphatic heterocycles. The van der Waals surface area contributed by atoms with E-state index in [2.05, 4.69) is 15.3 Å². The highest BCUT2D eigenvalue weighted by molar-refractivity contribution is 6.30. The van der Waals surface area contributed by atoms with Crippen LogP contribution in [-0.2, 0) is 6.54 Å². The molecule has 3 aromatic rings. The molecule has 0 saturated heterocycles. The zero-order valence-corrected chi connectivity index (χ0v) is 17.4. The van der Waals surface area contributed by atoms with E-state index in [-0.39, 0.29) is 28.1 Å². The third-order valence-electron chi connectivity index (χ3n) is 5.56. The monoisotopic (exact) mass is 446 g/mol. The highest BCUT2D eigenvalue weighted by Gasteiger charge is 2.41. The highest BCUT2D eigenvalue weighted by atomic mass is 35.5. The molecule has 0 unspecified atom stereocenters. The van der Waals surface area contributed by atoms with E-state index < -0.39 is 24.1 Å². The SMILES string of the molecule is C[C@@H]1C[C@@H](Nc2ncncc2C(=O)c2ccn(Cc3ccc(F)c(Cl)c3)c2)[C@@H](F)[C@@H]1O. The molecule has 0 amide bonds. The van der Waals surface area contributed by atoms with Gasteiger partial charge in [-0.05, 0) is 36.1 Å². The van der Waals surface area contributed by atoms with Crippen molar-refractivity contribution in [3.63, 3.8) is 0 Å². The average molecular weight is 447 g/mol. The van der Waals surface area contributed by atoms with Crippen LogP contribution >= 0.6 is 11.6 Å². The lowest BCUT2D eigenvalue weighted by Crippen LogP contribution is -2.32. The molecule has 6 nitrogen and oxygen atoms in total. The van der Waals surface area contributed by atoms with Crippen molar-refractivity contribution in [2.75, 3.05) is 5.32 Å². The summed E-state index contributed by atoms with van der Waals surface area (Å²) in [6.45, 7) is 2.19. The Bertz CT molecular complexity index is 1110. The molecule has 1 fully saturated rings. The van der Waals surface area contributed by atoms with E-state index in [9.17, 15) is 18.7 Å². The van der Waals surface area contributed by atoms with Crippen LogP contribution in [0.5, 0.6) is 0 Å². The van der Waals surface area contributed by atoms with Gasteiger partial charge in [-0.25, -0.2) is 18.7 Å². The van der Waals surface area contributed by atoms with Gasteiger partial charge in [-0.2, -0.15) is 0 Å². The minimum absolute atomic E-state index is 0.0376. The molecule has 0 bridgehead atoms. The summed E-state index contributed by atoms with van der Waals surface area (Å²) in [7, 11) is 0. The summed E-state index contributed by atoms with van der Waals surface area (Å²) in [5.41, 5.74) is 1.41. The number of halogens is 3. The first kappa shape index (κ1) is 21.4. The predicted octanol–water partition coefficient (Wildman–Crippen LogP) is 3.87. The van der Waals surface area contributed by atoms with E-state index in [0.29, 0.717) is 18.5 Å². The maximum atomic E-state index is 14.4. The number of nitrogens with one attached hydrogen (secondary N) is 1. The van der Waals surface area contributed by atoms with E-state index in [0.717, 1.165) is 5.56 Å². The number of nitrogens with zero attached hydrogens (tertiary/aromatic N) is 3. The molecule has 9 heteroatoms. The molecule has 4 atom stereocenters. The van der Waals surface area contributed by atoms with E-state index in [1.807, 2.05) is 0 Å². The second-order valence-corrected chi connectivity index (χ2v) is 8.24. The number of ketones is 1. The van der Waals surface area contributed by atoms with Crippen molar-refractivity contribution in [3.05, 3.63) is 76.7 Å². The first-order chi connectivity index (χ1) is 14.8. The second-order valence-electron chi connectivity index (χ2n) is 7.83. The number of alkyl halides is 1. The van der Waals surface area contributed by atoms with Gasteiger partial charge in [-0.3, -0.25) is 4.79 Å². The van der Waals surface area contributed by atoms with E-state index in [4.69, 9.17) is 11.6 Å². The van der Waals surface area contributed by atoms with Gasteiger partial charge in [0.1, 0.15) is 24.1 Å². The number of carbonyl (C=O) groups is 1. The first-order valence-corrected chi connectivity index (χ1v) is 10.2. The van der Waals surface area contributed by atoms with Crippen LogP contribution in [0.15, 0.2) is 49.2 Å². The number of hydrogen-bond donors (Lipinski definition) is 2. The van der Waals surface area contributed by atoms with Gasteiger partial charge in [0.25, 0.3) is 0 Å². The van der Waals surface area contributed by atoms with E-state index in [1.54, 1.807) is 36.0 Å². The van der Waals surface area contributed by atoms with Gasteiger partial charge in [0, 0.05) is 30.7 Å². The molecule has 1 aliphatic rings. The Labute approximate surface area is 182 Å². The molecule has 1 aliphatic carbocycles. The fourth-order valence-electron chi connectivity index (χ4n) is 3.82. The van der Waals surface area contributed by atoms with Gasteiger partial charge in [0.2, 0.25) is 0 Å². The summed E-state index contributed by atoms with van der Waals surface area (Å²) in [5.74, 6) is -0.770. The molecule has 2 heterocycles. The lowest BCUT2D eigenvalue weighted by Gasteiger charge is -2.18. The first-order valence-electron chi connectivity index (χ1n) is 9.86. The van der Waals surface area contributed by atoms with Gasteiger partial charge in [0.15, 0.2) is 5.78 Å². The normalized spacial score (nSPS) is 23.1. The number of aliphatic hydroxyl groups is 1. The summed E-state index contributed by atoms with van der Waals surface area (Å²) in [5, 5.41) is 12.9. The van der Waals surface area contributed by atoms with Crippen molar-refractivity contribution in [3.8, 4) is 0 Å². The third-order valence-corrected chi connectivity index (χ3v) is 5.85. The van der Waals surface area contributed by atoms with Crippen molar-refractivity contribution in [1.82, 2.24) is 14.5 Å². The maximum absolute atomic E-state index is 14.4. The zero-order chi connectivity index (χ0) is 22.1. The Hall–Kier alpha value is -2.84. The van der Waals surface area contributed by atoms with Crippen LogP contribution in [0.3, 0.4) is 0 Å². The molecule has 4 rings (SSSR count). The minimum atomic E-state index is -1.45. The molecule has 0 spiro atoms. The van der Waals surface area contributed by atoms with Crippen LogP contribution in [-0.4, -0.2) is 43.7 Å². The number of carbonyl (C=O) groups excluding carboxylic acids is 1. The van der Waals surface area contributed by atoms with E-state index in [1.165, 1.54) is 24.7 Å². The summed E-state index contributed by atoms with van der Waals surface area (Å²) in [4.78, 5) is 21.1. The molecule has 0 radical (unpaired) electrons. The Balaban J connectivity index is 1.52. The molecular formula is C22H21ClF2N4O2. The molecule has 162 valence electrons. The summed E-state index contributed by atoms with van der Waals surface area (Å²) in [6, 6.07) is 5.48. The van der Waals surface area contributed by atoms with Gasteiger partial charge < -0.3 is 15.0 Å². The molecule has 2 aromatic heterocycles. The number of aliphatic hydroxyl groups excluding tert-OH is 1.